The molecule has 0 fully saturated rings. The van der Waals surface area contributed by atoms with Crippen molar-refractivity contribution >= 4 is 5.97 Å². The standard InChI is InChI=1S/C10H18O2/c1-8(2)9(3)6-4-5-7-10(11)12/h5,7-9H,4,6H2,1-3H3,(H,11,12). The molecule has 0 radical (unpaired) electrons. The summed E-state index contributed by atoms with van der Waals surface area (Å²) in [5, 5.41) is 8.30. The minimum absolute atomic E-state index is 0.670. The van der Waals surface area contributed by atoms with Crippen LogP contribution < -0.4 is 0 Å². The van der Waals surface area contributed by atoms with E-state index in [4.69, 9.17) is 5.11 Å². The van der Waals surface area contributed by atoms with Gasteiger partial charge in [-0.3, -0.25) is 0 Å². The van der Waals surface area contributed by atoms with Gasteiger partial charge in [-0.1, -0.05) is 26.8 Å². The van der Waals surface area contributed by atoms with Crippen LogP contribution in [0.15, 0.2) is 12.2 Å². The van der Waals surface area contributed by atoms with Crippen LogP contribution in [0.5, 0.6) is 0 Å². The summed E-state index contributed by atoms with van der Waals surface area (Å²) >= 11 is 0. The van der Waals surface area contributed by atoms with E-state index >= 15 is 0 Å². The molecule has 2 heteroatoms. The second-order valence-corrected chi connectivity index (χ2v) is 3.54. The van der Waals surface area contributed by atoms with Gasteiger partial charge in [0.2, 0.25) is 0 Å². The van der Waals surface area contributed by atoms with Crippen LogP contribution in [0.1, 0.15) is 33.6 Å². The van der Waals surface area contributed by atoms with Gasteiger partial charge in [-0.2, -0.15) is 0 Å². The highest BCUT2D eigenvalue weighted by atomic mass is 16.4. The molecule has 0 aliphatic carbocycles. The predicted molar refractivity (Wildman–Crippen MR) is 50.0 cm³/mol. The molecule has 0 bridgehead atoms. The van der Waals surface area contributed by atoms with E-state index in [9.17, 15) is 4.79 Å². The van der Waals surface area contributed by atoms with Gasteiger partial charge in [0, 0.05) is 6.08 Å². The van der Waals surface area contributed by atoms with E-state index in [1.807, 2.05) is 0 Å². The molecule has 1 N–H and O–H groups in total. The largest absolute Gasteiger partial charge is 0.478 e. The normalized spacial score (nSPS) is 14.0. The second kappa shape index (κ2) is 5.81. The van der Waals surface area contributed by atoms with Crippen molar-refractivity contribution in [1.82, 2.24) is 0 Å². The van der Waals surface area contributed by atoms with Gasteiger partial charge in [0.1, 0.15) is 0 Å². The SMILES string of the molecule is CC(C)C(C)CCC=CC(=O)O. The average Bonchev–Trinajstić information content (AvgIpc) is 1.97. The van der Waals surface area contributed by atoms with Gasteiger partial charge in [0.05, 0.1) is 0 Å². The number of hydrogen-bond acceptors (Lipinski definition) is 1. The lowest BCUT2D eigenvalue weighted by atomic mass is 9.93. The van der Waals surface area contributed by atoms with Gasteiger partial charge in [-0.25, -0.2) is 4.79 Å². The summed E-state index contributed by atoms with van der Waals surface area (Å²) in [6.45, 7) is 6.57. The fourth-order valence-electron chi connectivity index (χ4n) is 0.877. The molecule has 0 heterocycles. The third-order valence-electron chi connectivity index (χ3n) is 2.19. The second-order valence-electron chi connectivity index (χ2n) is 3.54. The van der Waals surface area contributed by atoms with Crippen LogP contribution in [-0.4, -0.2) is 11.1 Å². The van der Waals surface area contributed by atoms with Gasteiger partial charge < -0.3 is 5.11 Å². The van der Waals surface area contributed by atoms with Crippen LogP contribution >= 0.6 is 0 Å². The Morgan fingerprint density at radius 2 is 2.00 bits per heavy atom. The van der Waals surface area contributed by atoms with Crippen LogP contribution in [0, 0.1) is 11.8 Å². The van der Waals surface area contributed by atoms with Gasteiger partial charge in [0.25, 0.3) is 0 Å². The zero-order valence-electron chi connectivity index (χ0n) is 8.08. The van der Waals surface area contributed by atoms with Crippen molar-refractivity contribution in [3.05, 3.63) is 12.2 Å². The third kappa shape index (κ3) is 5.96. The van der Waals surface area contributed by atoms with E-state index in [2.05, 4.69) is 20.8 Å². The maximum absolute atomic E-state index is 10.1. The Kier molecular flexibility index (Phi) is 5.43. The molecule has 1 unspecified atom stereocenters. The van der Waals surface area contributed by atoms with Gasteiger partial charge in [0.15, 0.2) is 0 Å². The molecule has 0 aromatic heterocycles. The molecule has 0 amide bonds. The number of rotatable bonds is 5. The zero-order valence-corrected chi connectivity index (χ0v) is 8.08. The van der Waals surface area contributed by atoms with E-state index in [0.717, 1.165) is 12.8 Å². The molecule has 70 valence electrons. The monoisotopic (exact) mass is 170 g/mol. The molecule has 0 aliphatic rings. The average molecular weight is 170 g/mol. The lowest BCUT2D eigenvalue weighted by molar-refractivity contribution is -0.131. The molecular weight excluding hydrogens is 152 g/mol. The van der Waals surface area contributed by atoms with Gasteiger partial charge >= 0.3 is 5.97 Å². The first-order valence-electron chi connectivity index (χ1n) is 4.43. The smallest absolute Gasteiger partial charge is 0.327 e. The van der Waals surface area contributed by atoms with E-state index in [1.165, 1.54) is 6.08 Å². The quantitative estimate of drug-likeness (QED) is 0.644. The molecule has 0 aliphatic heterocycles. The Morgan fingerprint density at radius 1 is 1.42 bits per heavy atom. The fourth-order valence-corrected chi connectivity index (χ4v) is 0.877. The molecular formula is C10H18O2. The van der Waals surface area contributed by atoms with Gasteiger partial charge in [-0.15, -0.1) is 0 Å². The summed E-state index contributed by atoms with van der Waals surface area (Å²) in [7, 11) is 0. The van der Waals surface area contributed by atoms with Crippen molar-refractivity contribution in [3.8, 4) is 0 Å². The molecule has 0 rings (SSSR count). The number of aliphatic carboxylic acids is 1. The van der Waals surface area contributed by atoms with E-state index in [1.54, 1.807) is 6.08 Å². The Morgan fingerprint density at radius 3 is 2.42 bits per heavy atom. The Labute approximate surface area is 74.3 Å². The minimum atomic E-state index is -0.854. The van der Waals surface area contributed by atoms with Crippen LogP contribution in [0.3, 0.4) is 0 Å². The van der Waals surface area contributed by atoms with Crippen molar-refractivity contribution in [2.45, 2.75) is 33.6 Å². The summed E-state index contributed by atoms with van der Waals surface area (Å²) in [6.07, 6.45) is 4.88. The highest BCUT2D eigenvalue weighted by Gasteiger charge is 2.04. The lowest BCUT2D eigenvalue weighted by Gasteiger charge is -2.13. The maximum atomic E-state index is 10.1. The van der Waals surface area contributed by atoms with Crippen molar-refractivity contribution in [1.29, 1.82) is 0 Å². The molecule has 2 nitrogen and oxygen atoms in total. The van der Waals surface area contributed by atoms with Crippen molar-refractivity contribution in [2.24, 2.45) is 11.8 Å². The highest BCUT2D eigenvalue weighted by molar-refractivity contribution is 5.79. The number of hydrogen-bond donors (Lipinski definition) is 1. The summed E-state index contributed by atoms with van der Waals surface area (Å²) in [4.78, 5) is 10.1. The van der Waals surface area contributed by atoms with Crippen molar-refractivity contribution in [2.75, 3.05) is 0 Å². The van der Waals surface area contributed by atoms with Gasteiger partial charge in [-0.05, 0) is 24.7 Å². The van der Waals surface area contributed by atoms with E-state index in [0.29, 0.717) is 11.8 Å². The molecule has 12 heavy (non-hydrogen) atoms. The number of carboxylic acid groups (broad SMARTS) is 1. The highest BCUT2D eigenvalue weighted by Crippen LogP contribution is 2.15. The number of carbonyl (C=O) groups is 1. The Hall–Kier alpha value is -0.790. The Balaban J connectivity index is 3.49. The summed E-state index contributed by atoms with van der Waals surface area (Å²) < 4.78 is 0. The number of carboxylic acids is 1. The summed E-state index contributed by atoms with van der Waals surface area (Å²) in [5.41, 5.74) is 0. The molecule has 1 atom stereocenters. The topological polar surface area (TPSA) is 37.3 Å². The molecule has 0 saturated heterocycles. The van der Waals surface area contributed by atoms with E-state index < -0.39 is 5.97 Å². The molecule has 0 aromatic carbocycles. The Bertz CT molecular complexity index is 159. The van der Waals surface area contributed by atoms with Crippen LogP contribution in [-0.2, 0) is 4.79 Å². The number of allylic oxidation sites excluding steroid dienone is 1. The lowest BCUT2D eigenvalue weighted by Crippen LogP contribution is -2.02. The maximum Gasteiger partial charge on any atom is 0.327 e. The van der Waals surface area contributed by atoms with Crippen LogP contribution in [0.2, 0.25) is 0 Å². The first kappa shape index (κ1) is 11.2. The zero-order chi connectivity index (χ0) is 9.56. The van der Waals surface area contributed by atoms with Crippen LogP contribution in [0.25, 0.3) is 0 Å². The third-order valence-corrected chi connectivity index (χ3v) is 2.19. The van der Waals surface area contributed by atoms with Crippen molar-refractivity contribution in [3.63, 3.8) is 0 Å². The first-order chi connectivity index (χ1) is 5.54. The van der Waals surface area contributed by atoms with Crippen LogP contribution in [0.4, 0.5) is 0 Å². The summed E-state index contributed by atoms with van der Waals surface area (Å²) in [5.74, 6) is 0.499. The predicted octanol–water partition coefficient (Wildman–Crippen LogP) is 2.70. The fraction of sp³-hybridized carbons (Fsp3) is 0.700. The molecule has 0 spiro atoms. The van der Waals surface area contributed by atoms with Crippen molar-refractivity contribution < 1.29 is 9.90 Å². The first-order valence-corrected chi connectivity index (χ1v) is 4.43. The summed E-state index contributed by atoms with van der Waals surface area (Å²) in [6, 6.07) is 0. The molecule has 0 aromatic rings. The molecule has 0 saturated carbocycles. The van der Waals surface area contributed by atoms with E-state index in [-0.39, 0.29) is 0 Å². The minimum Gasteiger partial charge on any atom is -0.478 e.